The lowest BCUT2D eigenvalue weighted by Crippen LogP contribution is -2.48. The predicted octanol–water partition coefficient (Wildman–Crippen LogP) is 10.2. The van der Waals surface area contributed by atoms with Crippen LogP contribution in [0.2, 0.25) is 0 Å². The summed E-state index contributed by atoms with van der Waals surface area (Å²) in [6.45, 7) is 27.7. The van der Waals surface area contributed by atoms with Gasteiger partial charge in [-0.15, -0.1) is 0 Å². The second kappa shape index (κ2) is 24.8. The maximum absolute atomic E-state index is 14.6. The predicted molar refractivity (Wildman–Crippen MR) is 331 cm³/mol. The Hall–Kier alpha value is -7.63. The van der Waals surface area contributed by atoms with Gasteiger partial charge in [0.25, 0.3) is 0 Å². The number of aryl methyl sites for hydroxylation is 1. The van der Waals surface area contributed by atoms with Crippen molar-refractivity contribution in [3.63, 3.8) is 0 Å². The number of nitrogens with zero attached hydrogens (tertiary/aromatic N) is 8. The van der Waals surface area contributed by atoms with E-state index < -0.39 is 29.5 Å². The smallest absolute Gasteiger partial charge is 0.238 e. The Kier molecular flexibility index (Phi) is 18.3. The van der Waals surface area contributed by atoms with E-state index in [4.69, 9.17) is 24.4 Å². The highest BCUT2D eigenvalue weighted by Crippen LogP contribution is 2.37. The van der Waals surface area contributed by atoms with Gasteiger partial charge < -0.3 is 50.3 Å². The summed E-state index contributed by atoms with van der Waals surface area (Å²) in [4.78, 5) is 39.9. The Balaban J connectivity index is 1.02. The number of hydrogen-bond acceptors (Lipinski definition) is 18. The van der Waals surface area contributed by atoms with Crippen molar-refractivity contribution < 1.29 is 31.1 Å². The first-order valence-electron chi connectivity index (χ1n) is 27.7. The minimum atomic E-state index is -4.13. The molecule has 2 fully saturated rings. The SMILES string of the molecule is CC(=O)N1CCN(c2ccc(Nc3ncc(C)c(Nc4cccc(NS(=O)(=O)C(C)(C)Cc5nc(Nc6ccc(N7CCN(C)CC7)c(OC(C)C)c6)nc(Nc6ccc(NS(=O)(=O)C(C)(C)C)cc6)c5C)c4)n3)cc2OC(C)C)CC1. The van der Waals surface area contributed by atoms with E-state index >= 15 is 0 Å². The van der Waals surface area contributed by atoms with Crippen LogP contribution in [0.1, 0.15) is 86.1 Å². The molecule has 6 N–H and O–H groups in total. The summed E-state index contributed by atoms with van der Waals surface area (Å²) in [5, 5.41) is 13.4. The van der Waals surface area contributed by atoms with Crippen LogP contribution in [0, 0.1) is 13.8 Å². The van der Waals surface area contributed by atoms with Crippen LogP contribution in [0.15, 0.2) is 91.1 Å². The summed E-state index contributed by atoms with van der Waals surface area (Å²) in [5.74, 6) is 2.98. The molecule has 2 saturated heterocycles. The summed E-state index contributed by atoms with van der Waals surface area (Å²) in [7, 11) is -5.67. The van der Waals surface area contributed by atoms with Crippen molar-refractivity contribution in [3.05, 3.63) is 108 Å². The van der Waals surface area contributed by atoms with Gasteiger partial charge in [0.05, 0.1) is 44.5 Å². The molecule has 4 heterocycles. The normalized spacial score (nSPS) is 14.6. The van der Waals surface area contributed by atoms with Crippen LogP contribution in [0.5, 0.6) is 11.5 Å². The number of amides is 1. The number of likely N-dealkylation sites (N-methyl/N-ethyl adjacent to an activating group) is 1. The molecule has 0 spiro atoms. The second-order valence-electron chi connectivity index (χ2n) is 23.1. The van der Waals surface area contributed by atoms with E-state index in [0.717, 1.165) is 48.8 Å². The molecule has 0 radical (unpaired) electrons. The third-order valence-electron chi connectivity index (χ3n) is 14.2. The van der Waals surface area contributed by atoms with Gasteiger partial charge in [-0.1, -0.05) is 6.07 Å². The van der Waals surface area contributed by atoms with E-state index in [-0.39, 0.29) is 30.5 Å². The minimum Gasteiger partial charge on any atom is -0.489 e. The molecule has 0 atom stereocenters. The molecule has 0 unspecified atom stereocenters. The molecule has 21 nitrogen and oxygen atoms in total. The van der Waals surface area contributed by atoms with E-state index in [1.807, 2.05) is 88.9 Å². The summed E-state index contributed by atoms with van der Waals surface area (Å²) in [6, 6.07) is 25.6. The van der Waals surface area contributed by atoms with Crippen molar-refractivity contribution >= 4 is 95.0 Å². The van der Waals surface area contributed by atoms with Crippen molar-refractivity contribution in [1.29, 1.82) is 0 Å². The molecular formula is C59H80N14O7S2. The van der Waals surface area contributed by atoms with Gasteiger partial charge in [0, 0.05) is 124 Å². The molecule has 2 aromatic heterocycles. The number of aromatic nitrogens is 4. The number of ether oxygens (including phenoxy) is 2. The molecule has 23 heteroatoms. The van der Waals surface area contributed by atoms with Gasteiger partial charge in [-0.05, 0) is 150 Å². The fraction of sp³-hybridized carbons (Fsp3) is 0.441. The van der Waals surface area contributed by atoms with Crippen LogP contribution < -0.4 is 50.0 Å². The largest absolute Gasteiger partial charge is 0.489 e. The van der Waals surface area contributed by atoms with Crippen LogP contribution in [-0.4, -0.2) is 134 Å². The van der Waals surface area contributed by atoms with Gasteiger partial charge in [0.2, 0.25) is 37.9 Å². The van der Waals surface area contributed by atoms with Crippen LogP contribution in [0.4, 0.5) is 69.0 Å². The van der Waals surface area contributed by atoms with Gasteiger partial charge in [0.15, 0.2) is 0 Å². The van der Waals surface area contributed by atoms with Crippen molar-refractivity contribution in [3.8, 4) is 11.5 Å². The van der Waals surface area contributed by atoms with Crippen molar-refractivity contribution in [2.24, 2.45) is 0 Å². The molecule has 440 valence electrons. The van der Waals surface area contributed by atoms with Gasteiger partial charge in [0.1, 0.15) is 23.1 Å². The molecule has 82 heavy (non-hydrogen) atoms. The first kappa shape index (κ1) is 60.5. The average Bonchev–Trinajstić information content (AvgIpc) is 3.59. The Morgan fingerprint density at radius 3 is 1.63 bits per heavy atom. The molecule has 0 aliphatic carbocycles. The summed E-state index contributed by atoms with van der Waals surface area (Å²) < 4.78 is 70.9. The fourth-order valence-electron chi connectivity index (χ4n) is 9.17. The van der Waals surface area contributed by atoms with Crippen LogP contribution in [0.25, 0.3) is 0 Å². The van der Waals surface area contributed by atoms with E-state index in [0.29, 0.717) is 95.0 Å². The maximum atomic E-state index is 14.6. The highest BCUT2D eigenvalue weighted by molar-refractivity contribution is 7.94. The summed E-state index contributed by atoms with van der Waals surface area (Å²) in [5.41, 5.74) is 7.11. The number of anilines is 12. The fourth-order valence-corrected chi connectivity index (χ4v) is 11.0. The lowest BCUT2D eigenvalue weighted by atomic mass is 10.0. The summed E-state index contributed by atoms with van der Waals surface area (Å²) in [6.07, 6.45) is 1.53. The average molecular weight is 1160 g/mol. The monoisotopic (exact) mass is 1160 g/mol. The van der Waals surface area contributed by atoms with E-state index in [1.54, 1.807) is 90.2 Å². The third kappa shape index (κ3) is 15.1. The number of nitrogens with one attached hydrogen (secondary N) is 6. The lowest BCUT2D eigenvalue weighted by molar-refractivity contribution is -0.129. The molecule has 0 saturated carbocycles. The topological polar surface area (TPSA) is 241 Å². The number of rotatable bonds is 21. The van der Waals surface area contributed by atoms with E-state index in [9.17, 15) is 21.6 Å². The minimum absolute atomic E-state index is 0.0165. The lowest BCUT2D eigenvalue weighted by Gasteiger charge is -2.36. The standard InChI is InChI=1S/C59H80N14O7S2/c1-38(2)79-52-34-46(21-23-51(52)73-31-29-71(30-32-73)42(7)74)63-56-60-37-40(5)54(66-56)62-45-15-14-16-48(33-45)69-82(77,78)59(11,12)36-49-41(6)55(61-43-17-19-44(20-18-43)68-81(75,76)58(8,9)10)67-57(65-49)64-47-22-24-50(53(35-47)80-39(3)4)72-27-25-70(13)26-28-72/h14-24,33-35,37-39,68-69H,25-32,36H2,1-13H3,(H2,60,62,63,66)(H2,61,64,65,67). The Labute approximate surface area is 484 Å². The Morgan fingerprint density at radius 1 is 0.585 bits per heavy atom. The highest BCUT2D eigenvalue weighted by Gasteiger charge is 2.37. The van der Waals surface area contributed by atoms with Crippen LogP contribution in [0.3, 0.4) is 0 Å². The zero-order valence-electron chi connectivity index (χ0n) is 49.4. The van der Waals surface area contributed by atoms with E-state index in [2.05, 4.69) is 57.4 Å². The molecule has 0 bridgehead atoms. The van der Waals surface area contributed by atoms with E-state index in [1.165, 1.54) is 0 Å². The third-order valence-corrected chi connectivity index (χ3v) is 18.4. The number of carbonyl (C=O) groups is 1. The van der Waals surface area contributed by atoms with Crippen molar-refractivity contribution in [1.82, 2.24) is 29.7 Å². The first-order chi connectivity index (χ1) is 38.6. The van der Waals surface area contributed by atoms with Gasteiger partial charge in [-0.25, -0.2) is 26.8 Å². The Morgan fingerprint density at radius 2 is 1.07 bits per heavy atom. The highest BCUT2D eigenvalue weighted by atomic mass is 32.2. The number of piperazine rings is 2. The zero-order valence-corrected chi connectivity index (χ0v) is 51.1. The quantitative estimate of drug-likeness (QED) is 0.0393. The van der Waals surface area contributed by atoms with Gasteiger partial charge >= 0.3 is 0 Å². The molecule has 2 aliphatic heterocycles. The molecule has 6 aromatic rings. The van der Waals surface area contributed by atoms with Gasteiger partial charge in [-0.2, -0.15) is 9.97 Å². The van der Waals surface area contributed by atoms with Crippen LogP contribution >= 0.6 is 0 Å². The maximum Gasteiger partial charge on any atom is 0.238 e. The molecule has 8 rings (SSSR count). The molecule has 4 aromatic carbocycles. The number of hydrogen-bond donors (Lipinski definition) is 6. The van der Waals surface area contributed by atoms with Crippen LogP contribution in [-0.2, 0) is 31.3 Å². The number of benzene rings is 4. The zero-order chi connectivity index (χ0) is 59.3. The number of carbonyl (C=O) groups excluding carboxylic acids is 1. The van der Waals surface area contributed by atoms with Crippen molar-refractivity contribution in [2.45, 2.75) is 111 Å². The second-order valence-corrected chi connectivity index (χ2v) is 27.8. The van der Waals surface area contributed by atoms with Gasteiger partial charge in [-0.3, -0.25) is 14.2 Å². The summed E-state index contributed by atoms with van der Waals surface area (Å²) >= 11 is 0. The molecule has 1 amide bonds. The Bertz CT molecular complexity index is 3470. The molecular weight excluding hydrogens is 1080 g/mol. The van der Waals surface area contributed by atoms with Crippen molar-refractivity contribution in [2.75, 3.05) is 99.9 Å². The number of sulfonamides is 2. The first-order valence-corrected chi connectivity index (χ1v) is 30.7. The molecule has 2 aliphatic rings.